The highest BCUT2D eigenvalue weighted by Crippen LogP contribution is 2.27. The van der Waals surface area contributed by atoms with Gasteiger partial charge < -0.3 is 24.0 Å². The molecule has 0 saturated carbocycles. The Labute approximate surface area is 227 Å². The number of morpholine rings is 1. The van der Waals surface area contributed by atoms with Crippen LogP contribution in [-0.2, 0) is 14.4 Å². The molecular weight excluding hydrogens is 510 g/mol. The average molecular weight is 550 g/mol. The quantitative estimate of drug-likeness (QED) is 0.146. The first-order valence-electron chi connectivity index (χ1n) is 13.0. The van der Waals surface area contributed by atoms with Gasteiger partial charge in [-0.2, -0.15) is 0 Å². The molecule has 1 aromatic heterocycles. The monoisotopic (exact) mass is 549 g/mol. The third kappa shape index (κ3) is 8.97. The van der Waals surface area contributed by atoms with Crippen LogP contribution in [0.5, 0.6) is 5.75 Å². The van der Waals surface area contributed by atoms with Crippen molar-refractivity contribution in [2.75, 3.05) is 51.8 Å². The van der Waals surface area contributed by atoms with Crippen LogP contribution in [0.4, 0.5) is 0 Å². The van der Waals surface area contributed by atoms with E-state index in [0.717, 1.165) is 52.1 Å². The summed E-state index contributed by atoms with van der Waals surface area (Å²) in [5, 5.41) is 7.64. The number of nitrogens with zero attached hydrogens (tertiary/aromatic N) is 3. The van der Waals surface area contributed by atoms with Crippen molar-refractivity contribution in [3.8, 4) is 5.75 Å². The van der Waals surface area contributed by atoms with Crippen molar-refractivity contribution in [2.24, 2.45) is 15.9 Å². The third-order valence-corrected chi connectivity index (χ3v) is 7.30. The fourth-order valence-electron chi connectivity index (χ4n) is 3.97. The molecule has 3 N–H and O–H groups in total. The molecule has 0 bridgehead atoms. The smallest absolute Gasteiger partial charge is 0.339 e. The van der Waals surface area contributed by atoms with E-state index in [4.69, 9.17) is 24.5 Å². The van der Waals surface area contributed by atoms with Gasteiger partial charge in [0.2, 0.25) is 0 Å². The normalized spacial score (nSPS) is 21.0. The lowest BCUT2D eigenvalue weighted by Gasteiger charge is -2.26. The zero-order valence-electron chi connectivity index (χ0n) is 22.3. The van der Waals surface area contributed by atoms with Gasteiger partial charge in [0.05, 0.1) is 25.3 Å². The Morgan fingerprint density at radius 2 is 2.18 bits per heavy atom. The minimum atomic E-state index is -1.47. The number of rotatable bonds is 15. The van der Waals surface area contributed by atoms with Crippen LogP contribution in [0.2, 0.25) is 0 Å². The van der Waals surface area contributed by atoms with Crippen LogP contribution in [0, 0.1) is 0 Å². The van der Waals surface area contributed by atoms with Crippen molar-refractivity contribution in [1.82, 2.24) is 10.2 Å². The van der Waals surface area contributed by atoms with E-state index in [1.807, 2.05) is 6.92 Å². The van der Waals surface area contributed by atoms with Crippen LogP contribution in [-0.4, -0.2) is 79.0 Å². The number of unbranched alkanes of at least 4 members (excludes halogenated alkanes) is 1. The Kier molecular flexibility index (Phi) is 11.8. The zero-order chi connectivity index (χ0) is 27.4. The van der Waals surface area contributed by atoms with Gasteiger partial charge in [-0.3, -0.25) is 15.4 Å². The summed E-state index contributed by atoms with van der Waals surface area (Å²) in [6.07, 6.45) is 4.78. The molecule has 0 aliphatic carbocycles. The van der Waals surface area contributed by atoms with Crippen LogP contribution in [0.25, 0.3) is 0 Å². The van der Waals surface area contributed by atoms with Gasteiger partial charge in [0.1, 0.15) is 35.5 Å². The Bertz CT molecular complexity index is 1050. The molecule has 210 valence electrons. The fourth-order valence-corrected chi connectivity index (χ4v) is 5.00. The highest BCUT2D eigenvalue weighted by molar-refractivity contribution is 8.16. The second-order valence-corrected chi connectivity index (χ2v) is 10.2. The summed E-state index contributed by atoms with van der Waals surface area (Å²) in [5.74, 6) is 0.435. The summed E-state index contributed by atoms with van der Waals surface area (Å²) in [6.45, 7) is 12.7. The lowest BCUT2D eigenvalue weighted by Crippen LogP contribution is -2.54. The minimum Gasteiger partial charge on any atom is -0.489 e. The molecule has 1 fully saturated rings. The largest absolute Gasteiger partial charge is 0.489 e. The number of nitrogens with one attached hydrogen (secondary N) is 1. The summed E-state index contributed by atoms with van der Waals surface area (Å²) in [6, 6.07) is 2.29. The summed E-state index contributed by atoms with van der Waals surface area (Å²) < 4.78 is 16.2. The first-order valence-corrected chi connectivity index (χ1v) is 14.0. The maximum absolute atomic E-state index is 13.2. The van der Waals surface area contributed by atoms with E-state index in [1.165, 1.54) is 17.8 Å². The van der Waals surface area contributed by atoms with Crippen LogP contribution in [0.1, 0.15) is 51.3 Å². The van der Waals surface area contributed by atoms with E-state index in [1.54, 1.807) is 19.1 Å². The Morgan fingerprint density at radius 3 is 2.92 bits per heavy atom. The van der Waals surface area contributed by atoms with Crippen LogP contribution >= 0.6 is 11.8 Å². The average Bonchev–Trinajstić information content (AvgIpc) is 3.33. The summed E-state index contributed by atoms with van der Waals surface area (Å²) >= 11 is 1.36. The molecule has 0 unspecified atom stereocenters. The molecule has 3 rings (SSSR count). The molecule has 0 radical (unpaired) electrons. The van der Waals surface area contributed by atoms with Crippen LogP contribution < -0.4 is 21.4 Å². The standard InChI is InChI=1S/C26H39N5O6S/c1-4-8-21(22-16-20(35-12-5-2)17-23(32)37-22)28-25(33)26(27)18-38-24(29-26)19(3)30-36-13-7-6-9-31-10-14-34-15-11-31/h5,16-17,21H,2,4,6-15,18,27H2,1,3H3,(H,28,33)/b30-19+/t21-,26+/m1/s1. The van der Waals surface area contributed by atoms with Crippen molar-refractivity contribution in [1.29, 1.82) is 0 Å². The van der Waals surface area contributed by atoms with Gasteiger partial charge in [0, 0.05) is 24.9 Å². The third-order valence-electron chi connectivity index (χ3n) is 6.05. The molecule has 3 heterocycles. The number of ether oxygens (including phenoxy) is 2. The maximum Gasteiger partial charge on any atom is 0.339 e. The molecule has 12 heteroatoms. The van der Waals surface area contributed by atoms with Gasteiger partial charge in [-0.15, -0.1) is 11.8 Å². The predicted octanol–water partition coefficient (Wildman–Crippen LogP) is 2.47. The second-order valence-electron chi connectivity index (χ2n) is 9.23. The van der Waals surface area contributed by atoms with Gasteiger partial charge in [-0.25, -0.2) is 9.79 Å². The van der Waals surface area contributed by atoms with Gasteiger partial charge >= 0.3 is 5.63 Å². The van der Waals surface area contributed by atoms with Gasteiger partial charge in [-0.1, -0.05) is 31.2 Å². The van der Waals surface area contributed by atoms with Crippen molar-refractivity contribution >= 4 is 28.4 Å². The zero-order valence-corrected chi connectivity index (χ0v) is 23.1. The lowest BCUT2D eigenvalue weighted by atomic mass is 10.1. The number of carbonyl (C=O) groups is 1. The highest BCUT2D eigenvalue weighted by atomic mass is 32.2. The first-order chi connectivity index (χ1) is 18.3. The first kappa shape index (κ1) is 29.9. The molecule has 2 aliphatic rings. The van der Waals surface area contributed by atoms with E-state index >= 15 is 0 Å². The van der Waals surface area contributed by atoms with Crippen LogP contribution in [0.15, 0.2) is 44.1 Å². The molecule has 2 aliphatic heterocycles. The number of aliphatic imine (C=N–C) groups is 1. The van der Waals surface area contributed by atoms with Crippen molar-refractivity contribution in [3.63, 3.8) is 0 Å². The molecule has 1 saturated heterocycles. The van der Waals surface area contributed by atoms with E-state index < -0.39 is 23.2 Å². The highest BCUT2D eigenvalue weighted by Gasteiger charge is 2.41. The Balaban J connectivity index is 1.55. The van der Waals surface area contributed by atoms with Crippen LogP contribution in [0.3, 0.4) is 0 Å². The molecule has 0 spiro atoms. The predicted molar refractivity (Wildman–Crippen MR) is 149 cm³/mol. The molecule has 38 heavy (non-hydrogen) atoms. The Hall–Kier alpha value is -2.67. The van der Waals surface area contributed by atoms with Crippen molar-refractivity contribution in [2.45, 2.75) is 51.2 Å². The number of nitrogens with two attached hydrogens (primary N) is 1. The molecule has 1 aromatic rings. The van der Waals surface area contributed by atoms with E-state index in [0.29, 0.717) is 35.3 Å². The number of hydrogen-bond donors (Lipinski definition) is 2. The fraction of sp³-hybridized carbons (Fsp3) is 0.615. The van der Waals surface area contributed by atoms with E-state index in [-0.39, 0.29) is 12.4 Å². The van der Waals surface area contributed by atoms with Crippen molar-refractivity contribution in [3.05, 3.63) is 41.0 Å². The van der Waals surface area contributed by atoms with E-state index in [9.17, 15) is 9.59 Å². The van der Waals surface area contributed by atoms with Gasteiger partial charge in [0.15, 0.2) is 5.66 Å². The number of thioether (sulfide) groups is 1. The second kappa shape index (κ2) is 15.1. The number of oxime groups is 1. The summed E-state index contributed by atoms with van der Waals surface area (Å²) in [4.78, 5) is 37.6. The minimum absolute atomic E-state index is 0.243. The molecule has 11 nitrogen and oxygen atoms in total. The molecule has 1 amide bonds. The topological polar surface area (TPSA) is 141 Å². The maximum atomic E-state index is 13.2. The van der Waals surface area contributed by atoms with Gasteiger partial charge in [0.25, 0.3) is 5.91 Å². The number of carbonyl (C=O) groups excluding carboxylic acids is 1. The molecular formula is C26H39N5O6S. The Morgan fingerprint density at radius 1 is 1.39 bits per heavy atom. The lowest BCUT2D eigenvalue weighted by molar-refractivity contribution is -0.126. The van der Waals surface area contributed by atoms with Gasteiger partial charge in [-0.05, 0) is 32.7 Å². The summed E-state index contributed by atoms with van der Waals surface area (Å²) in [7, 11) is 0. The number of hydrogen-bond acceptors (Lipinski definition) is 11. The molecule has 0 aromatic carbocycles. The van der Waals surface area contributed by atoms with Crippen molar-refractivity contribution < 1.29 is 23.5 Å². The molecule has 2 atom stereocenters. The van der Waals surface area contributed by atoms with E-state index in [2.05, 4.69) is 26.9 Å². The summed E-state index contributed by atoms with van der Waals surface area (Å²) in [5.41, 5.74) is 4.92. The number of amides is 1. The SMILES string of the molecule is C=CCOc1cc([C@@H](CCC)NC(=O)[C@]2(N)CSC(/C(C)=N/OCCCCN3CCOCC3)=N2)oc(=O)c1.